The number of anilines is 1. The molecule has 0 radical (unpaired) electrons. The second-order valence-corrected chi connectivity index (χ2v) is 5.87. The zero-order valence-corrected chi connectivity index (χ0v) is 13.7. The third kappa shape index (κ3) is 2.65. The topological polar surface area (TPSA) is 73.8 Å². The van der Waals surface area contributed by atoms with Crippen molar-refractivity contribution in [3.05, 3.63) is 82.9 Å². The van der Waals surface area contributed by atoms with Crippen LogP contribution in [0.5, 0.6) is 0 Å². The molecule has 4 aromatic rings. The van der Waals surface area contributed by atoms with Crippen LogP contribution in [-0.2, 0) is 0 Å². The van der Waals surface area contributed by atoms with Crippen molar-refractivity contribution < 1.29 is 0 Å². The van der Waals surface area contributed by atoms with E-state index in [4.69, 9.17) is 10.7 Å². The molecule has 0 spiro atoms. The van der Waals surface area contributed by atoms with E-state index in [0.717, 1.165) is 11.3 Å². The fourth-order valence-corrected chi connectivity index (χ4v) is 2.79. The second kappa shape index (κ2) is 5.87. The molecule has 0 aliphatic rings. The summed E-state index contributed by atoms with van der Waals surface area (Å²) in [5, 5.41) is 0.572. The minimum absolute atomic E-state index is 0.119. The van der Waals surface area contributed by atoms with Crippen molar-refractivity contribution >= 4 is 16.6 Å². The van der Waals surface area contributed by atoms with Crippen LogP contribution in [0.1, 0.15) is 5.69 Å². The molecule has 0 atom stereocenters. The van der Waals surface area contributed by atoms with Gasteiger partial charge >= 0.3 is 0 Å². The monoisotopic (exact) mass is 328 g/mol. The van der Waals surface area contributed by atoms with E-state index >= 15 is 0 Å². The van der Waals surface area contributed by atoms with E-state index in [9.17, 15) is 4.79 Å². The average Bonchev–Trinajstić information content (AvgIpc) is 2.63. The predicted octanol–water partition coefficient (Wildman–Crippen LogP) is 3.34. The maximum atomic E-state index is 13.1. The van der Waals surface area contributed by atoms with Crippen LogP contribution < -0.4 is 11.3 Å². The standard InChI is InChI=1S/C20H16N4O/c1-13-6-7-14(12-22-13)19-23-18-5-3-2-4-17(18)20(25)24(19)16-10-8-15(21)9-11-16/h2-12H,21H2,1H3. The maximum Gasteiger partial charge on any atom is 0.266 e. The zero-order chi connectivity index (χ0) is 17.4. The molecule has 5 heteroatoms. The Bertz CT molecular complexity index is 1110. The Morgan fingerprint density at radius 3 is 2.44 bits per heavy atom. The molecule has 0 aliphatic carbocycles. The highest BCUT2D eigenvalue weighted by Gasteiger charge is 2.14. The Morgan fingerprint density at radius 2 is 1.72 bits per heavy atom. The average molecular weight is 328 g/mol. The molecule has 25 heavy (non-hydrogen) atoms. The lowest BCUT2D eigenvalue weighted by molar-refractivity contribution is 0.973. The highest BCUT2D eigenvalue weighted by Crippen LogP contribution is 2.22. The Hall–Kier alpha value is -3.47. The van der Waals surface area contributed by atoms with Gasteiger partial charge < -0.3 is 5.73 Å². The van der Waals surface area contributed by atoms with E-state index in [1.54, 1.807) is 29.0 Å². The molecule has 2 aromatic carbocycles. The third-order valence-electron chi connectivity index (χ3n) is 4.10. The molecule has 0 amide bonds. The lowest BCUT2D eigenvalue weighted by Gasteiger charge is -2.14. The van der Waals surface area contributed by atoms with Crippen molar-refractivity contribution in [2.45, 2.75) is 6.92 Å². The smallest absolute Gasteiger partial charge is 0.266 e. The van der Waals surface area contributed by atoms with Gasteiger partial charge in [0.05, 0.1) is 16.6 Å². The lowest BCUT2D eigenvalue weighted by atomic mass is 10.2. The zero-order valence-electron chi connectivity index (χ0n) is 13.7. The van der Waals surface area contributed by atoms with Gasteiger partial charge in [0, 0.05) is 23.1 Å². The molecule has 0 fully saturated rings. The summed E-state index contributed by atoms with van der Waals surface area (Å²) < 4.78 is 1.61. The Balaban J connectivity index is 2.09. The van der Waals surface area contributed by atoms with Crippen LogP contribution in [0.15, 0.2) is 71.7 Å². The van der Waals surface area contributed by atoms with Crippen LogP contribution in [0, 0.1) is 6.92 Å². The van der Waals surface area contributed by atoms with E-state index in [2.05, 4.69) is 4.98 Å². The van der Waals surface area contributed by atoms with E-state index in [1.165, 1.54) is 0 Å². The van der Waals surface area contributed by atoms with Gasteiger partial charge in [0.1, 0.15) is 5.82 Å². The molecule has 122 valence electrons. The van der Waals surface area contributed by atoms with Crippen LogP contribution >= 0.6 is 0 Å². The third-order valence-corrected chi connectivity index (χ3v) is 4.10. The van der Waals surface area contributed by atoms with E-state index < -0.39 is 0 Å². The number of rotatable bonds is 2. The number of para-hydroxylation sites is 1. The number of nitrogen functional groups attached to an aromatic ring is 1. The number of hydrogen-bond donors (Lipinski definition) is 1. The summed E-state index contributed by atoms with van der Waals surface area (Å²) in [7, 11) is 0. The van der Waals surface area contributed by atoms with Gasteiger partial charge in [0.2, 0.25) is 0 Å². The first-order valence-corrected chi connectivity index (χ1v) is 7.94. The molecule has 0 bridgehead atoms. The molecule has 4 rings (SSSR count). The van der Waals surface area contributed by atoms with Crippen LogP contribution in [0.25, 0.3) is 28.0 Å². The molecule has 5 nitrogen and oxygen atoms in total. The van der Waals surface area contributed by atoms with Gasteiger partial charge in [-0.15, -0.1) is 0 Å². The molecular formula is C20H16N4O. The summed E-state index contributed by atoms with van der Waals surface area (Å²) in [6.45, 7) is 1.92. The van der Waals surface area contributed by atoms with Crippen molar-refractivity contribution in [1.29, 1.82) is 0 Å². The lowest BCUT2D eigenvalue weighted by Crippen LogP contribution is -2.22. The predicted molar refractivity (Wildman–Crippen MR) is 99.7 cm³/mol. The summed E-state index contributed by atoms with van der Waals surface area (Å²) in [6.07, 6.45) is 1.74. The molecule has 0 aliphatic heterocycles. The van der Waals surface area contributed by atoms with Crippen molar-refractivity contribution in [1.82, 2.24) is 14.5 Å². The molecular weight excluding hydrogens is 312 g/mol. The van der Waals surface area contributed by atoms with Crippen molar-refractivity contribution in [3.8, 4) is 17.1 Å². The summed E-state index contributed by atoms with van der Waals surface area (Å²) in [6, 6.07) is 18.4. The van der Waals surface area contributed by atoms with Crippen molar-refractivity contribution in [3.63, 3.8) is 0 Å². The first-order valence-electron chi connectivity index (χ1n) is 7.94. The molecule has 0 saturated heterocycles. The van der Waals surface area contributed by atoms with Gasteiger partial charge in [-0.2, -0.15) is 0 Å². The molecule has 2 aromatic heterocycles. The number of nitrogens with zero attached hydrogens (tertiary/aromatic N) is 3. The first kappa shape index (κ1) is 15.1. The van der Waals surface area contributed by atoms with Gasteiger partial charge in [0.15, 0.2) is 0 Å². The fraction of sp³-hybridized carbons (Fsp3) is 0.0500. The fourth-order valence-electron chi connectivity index (χ4n) is 2.79. The van der Waals surface area contributed by atoms with E-state index in [0.29, 0.717) is 28.1 Å². The molecule has 2 N–H and O–H groups in total. The van der Waals surface area contributed by atoms with Crippen LogP contribution in [0.4, 0.5) is 5.69 Å². The number of fused-ring (bicyclic) bond motifs is 1. The summed E-state index contributed by atoms with van der Waals surface area (Å²) in [5.41, 5.74) is 9.38. The van der Waals surface area contributed by atoms with Crippen LogP contribution in [0.2, 0.25) is 0 Å². The number of pyridine rings is 1. The van der Waals surface area contributed by atoms with Crippen molar-refractivity contribution in [2.75, 3.05) is 5.73 Å². The Morgan fingerprint density at radius 1 is 0.960 bits per heavy atom. The normalized spacial score (nSPS) is 10.9. The number of benzene rings is 2. The summed E-state index contributed by atoms with van der Waals surface area (Å²) in [4.78, 5) is 22.2. The Labute approximate surface area is 144 Å². The molecule has 0 saturated carbocycles. The van der Waals surface area contributed by atoms with E-state index in [-0.39, 0.29) is 5.56 Å². The maximum absolute atomic E-state index is 13.1. The van der Waals surface area contributed by atoms with Crippen LogP contribution in [0.3, 0.4) is 0 Å². The van der Waals surface area contributed by atoms with Gasteiger partial charge in [-0.1, -0.05) is 12.1 Å². The molecule has 0 unspecified atom stereocenters. The minimum Gasteiger partial charge on any atom is -0.399 e. The van der Waals surface area contributed by atoms with Crippen LogP contribution in [-0.4, -0.2) is 14.5 Å². The molecule has 2 heterocycles. The Kier molecular flexibility index (Phi) is 3.54. The van der Waals surface area contributed by atoms with Gasteiger partial charge in [-0.3, -0.25) is 14.3 Å². The summed E-state index contributed by atoms with van der Waals surface area (Å²) >= 11 is 0. The number of nitrogens with two attached hydrogens (primary N) is 1. The largest absolute Gasteiger partial charge is 0.399 e. The quantitative estimate of drug-likeness (QED) is 0.573. The minimum atomic E-state index is -0.119. The highest BCUT2D eigenvalue weighted by atomic mass is 16.1. The van der Waals surface area contributed by atoms with Crippen molar-refractivity contribution in [2.24, 2.45) is 0 Å². The number of aromatic nitrogens is 3. The van der Waals surface area contributed by atoms with Gasteiger partial charge in [-0.25, -0.2) is 4.98 Å². The van der Waals surface area contributed by atoms with Gasteiger partial charge in [-0.05, 0) is 55.5 Å². The SMILES string of the molecule is Cc1ccc(-c2nc3ccccc3c(=O)n2-c2ccc(N)cc2)cn1. The van der Waals surface area contributed by atoms with Gasteiger partial charge in [0.25, 0.3) is 5.56 Å². The first-order chi connectivity index (χ1) is 12.1. The van der Waals surface area contributed by atoms with E-state index in [1.807, 2.05) is 49.4 Å². The summed E-state index contributed by atoms with van der Waals surface area (Å²) in [5.74, 6) is 0.556. The second-order valence-electron chi connectivity index (χ2n) is 5.87. The number of aryl methyl sites for hydroxylation is 1. The highest BCUT2D eigenvalue weighted by molar-refractivity contribution is 5.80. The number of hydrogen-bond acceptors (Lipinski definition) is 4.